The molecule has 2 aliphatic carbocycles. The molecule has 3 rings (SSSR count). The molecule has 0 aromatic heterocycles. The Morgan fingerprint density at radius 3 is 2.93 bits per heavy atom. The first-order chi connectivity index (χ1) is 7.42. The third-order valence-corrected chi connectivity index (χ3v) is 4.35. The minimum absolute atomic E-state index is 0.401. The molecule has 3 fully saturated rings. The number of morpholine rings is 1. The molecule has 1 saturated heterocycles. The Balaban J connectivity index is 1.42. The van der Waals surface area contributed by atoms with Crippen LogP contribution in [0.25, 0.3) is 0 Å². The highest BCUT2D eigenvalue weighted by atomic mass is 16.5. The van der Waals surface area contributed by atoms with Gasteiger partial charge in [-0.25, -0.2) is 0 Å². The Kier molecular flexibility index (Phi) is 2.95. The summed E-state index contributed by atoms with van der Waals surface area (Å²) in [5.74, 6) is 2.02. The summed E-state index contributed by atoms with van der Waals surface area (Å²) in [5, 5.41) is 7.10. The van der Waals surface area contributed by atoms with Gasteiger partial charge in [0.2, 0.25) is 0 Å². The lowest BCUT2D eigenvalue weighted by Gasteiger charge is -2.28. The molecule has 2 N–H and O–H groups in total. The van der Waals surface area contributed by atoms with Crippen LogP contribution < -0.4 is 10.6 Å². The standard InChI is InChI=1S/C12H22N2O/c1-2-10-5-9(1)6-12(10)14-8-11-7-13-3-4-15-11/h9-14H,1-8H2. The molecule has 86 valence electrons. The summed E-state index contributed by atoms with van der Waals surface area (Å²) < 4.78 is 5.69. The first-order valence-electron chi connectivity index (χ1n) is 6.47. The number of ether oxygens (including phenoxy) is 1. The van der Waals surface area contributed by atoms with Gasteiger partial charge in [0.15, 0.2) is 0 Å². The molecule has 2 bridgehead atoms. The van der Waals surface area contributed by atoms with E-state index in [-0.39, 0.29) is 0 Å². The van der Waals surface area contributed by atoms with Crippen LogP contribution in [0.15, 0.2) is 0 Å². The smallest absolute Gasteiger partial charge is 0.0824 e. The molecule has 3 aliphatic rings. The van der Waals surface area contributed by atoms with Crippen molar-refractivity contribution in [1.29, 1.82) is 0 Å². The molecule has 0 radical (unpaired) electrons. The Labute approximate surface area is 91.9 Å². The van der Waals surface area contributed by atoms with Gasteiger partial charge in [-0.2, -0.15) is 0 Å². The zero-order valence-corrected chi connectivity index (χ0v) is 9.37. The summed E-state index contributed by atoms with van der Waals surface area (Å²) in [4.78, 5) is 0. The average molecular weight is 210 g/mol. The van der Waals surface area contributed by atoms with Gasteiger partial charge in [-0.05, 0) is 31.1 Å². The summed E-state index contributed by atoms with van der Waals surface area (Å²) in [7, 11) is 0. The van der Waals surface area contributed by atoms with E-state index in [2.05, 4.69) is 10.6 Å². The number of hydrogen-bond acceptors (Lipinski definition) is 3. The van der Waals surface area contributed by atoms with E-state index in [0.717, 1.165) is 44.1 Å². The van der Waals surface area contributed by atoms with Gasteiger partial charge in [0.1, 0.15) is 0 Å². The molecule has 4 atom stereocenters. The lowest BCUT2D eigenvalue weighted by atomic mass is 9.95. The number of hydrogen-bond donors (Lipinski definition) is 2. The predicted octanol–water partition coefficient (Wildman–Crippen LogP) is 0.753. The van der Waals surface area contributed by atoms with E-state index < -0.39 is 0 Å². The molecular weight excluding hydrogens is 188 g/mol. The van der Waals surface area contributed by atoms with E-state index in [0.29, 0.717) is 6.10 Å². The van der Waals surface area contributed by atoms with Crippen LogP contribution in [0.3, 0.4) is 0 Å². The first-order valence-corrected chi connectivity index (χ1v) is 6.47. The molecule has 3 heteroatoms. The second-order valence-electron chi connectivity index (χ2n) is 5.39. The monoisotopic (exact) mass is 210 g/mol. The van der Waals surface area contributed by atoms with E-state index in [4.69, 9.17) is 4.74 Å². The van der Waals surface area contributed by atoms with Gasteiger partial charge in [0, 0.05) is 25.7 Å². The average Bonchev–Trinajstić information content (AvgIpc) is 2.89. The SMILES string of the molecule is C1COC(CNC2CC3CCC2C3)CN1. The van der Waals surface area contributed by atoms with E-state index in [9.17, 15) is 0 Å². The quantitative estimate of drug-likeness (QED) is 0.721. The Hall–Kier alpha value is -0.120. The summed E-state index contributed by atoms with van der Waals surface area (Å²) in [6, 6.07) is 0.800. The van der Waals surface area contributed by atoms with Crippen molar-refractivity contribution in [2.24, 2.45) is 11.8 Å². The molecule has 0 aromatic carbocycles. The zero-order chi connectivity index (χ0) is 10.1. The molecule has 15 heavy (non-hydrogen) atoms. The van der Waals surface area contributed by atoms with Gasteiger partial charge < -0.3 is 15.4 Å². The molecule has 0 spiro atoms. The summed E-state index contributed by atoms with van der Waals surface area (Å²) in [5.41, 5.74) is 0. The van der Waals surface area contributed by atoms with Crippen molar-refractivity contribution < 1.29 is 4.74 Å². The first kappa shape index (κ1) is 10.1. The maximum Gasteiger partial charge on any atom is 0.0824 e. The van der Waals surface area contributed by atoms with Crippen LogP contribution in [0.2, 0.25) is 0 Å². The van der Waals surface area contributed by atoms with E-state index in [1.807, 2.05) is 0 Å². The van der Waals surface area contributed by atoms with Gasteiger partial charge in [0.25, 0.3) is 0 Å². The van der Waals surface area contributed by atoms with Gasteiger partial charge in [-0.15, -0.1) is 0 Å². The van der Waals surface area contributed by atoms with Gasteiger partial charge >= 0.3 is 0 Å². The second kappa shape index (κ2) is 4.40. The van der Waals surface area contributed by atoms with Crippen LogP contribution in [0.1, 0.15) is 25.7 Å². The predicted molar refractivity (Wildman–Crippen MR) is 59.8 cm³/mol. The Bertz CT molecular complexity index is 216. The van der Waals surface area contributed by atoms with Crippen LogP contribution in [0, 0.1) is 11.8 Å². The highest BCUT2D eigenvalue weighted by Crippen LogP contribution is 2.44. The molecule has 4 unspecified atom stereocenters. The van der Waals surface area contributed by atoms with Crippen molar-refractivity contribution >= 4 is 0 Å². The fourth-order valence-electron chi connectivity index (χ4n) is 3.53. The minimum Gasteiger partial charge on any atom is -0.374 e. The van der Waals surface area contributed by atoms with Crippen molar-refractivity contribution in [2.45, 2.75) is 37.8 Å². The summed E-state index contributed by atoms with van der Waals surface area (Å²) in [6.45, 7) is 3.96. The third-order valence-electron chi connectivity index (χ3n) is 4.35. The normalized spacial score (nSPS) is 44.8. The van der Waals surface area contributed by atoms with Crippen LogP contribution >= 0.6 is 0 Å². The van der Waals surface area contributed by atoms with E-state index in [1.165, 1.54) is 25.7 Å². The fourth-order valence-corrected chi connectivity index (χ4v) is 3.53. The van der Waals surface area contributed by atoms with Crippen molar-refractivity contribution in [3.63, 3.8) is 0 Å². The fraction of sp³-hybridized carbons (Fsp3) is 1.00. The summed E-state index contributed by atoms with van der Waals surface area (Å²) in [6.07, 6.45) is 6.26. The maximum absolute atomic E-state index is 5.69. The summed E-state index contributed by atoms with van der Waals surface area (Å²) >= 11 is 0. The van der Waals surface area contributed by atoms with E-state index >= 15 is 0 Å². The lowest BCUT2D eigenvalue weighted by Crippen LogP contribution is -2.47. The Morgan fingerprint density at radius 2 is 2.27 bits per heavy atom. The van der Waals surface area contributed by atoms with E-state index in [1.54, 1.807) is 0 Å². The molecule has 0 amide bonds. The Morgan fingerprint density at radius 1 is 1.27 bits per heavy atom. The third kappa shape index (κ3) is 2.19. The number of fused-ring (bicyclic) bond motifs is 2. The minimum atomic E-state index is 0.401. The zero-order valence-electron chi connectivity index (χ0n) is 9.37. The topological polar surface area (TPSA) is 33.3 Å². The highest BCUT2D eigenvalue weighted by molar-refractivity contribution is 4.94. The van der Waals surface area contributed by atoms with Crippen LogP contribution in [0.5, 0.6) is 0 Å². The lowest BCUT2D eigenvalue weighted by molar-refractivity contribution is 0.0264. The van der Waals surface area contributed by atoms with Crippen molar-refractivity contribution in [3.8, 4) is 0 Å². The van der Waals surface area contributed by atoms with Crippen LogP contribution in [0.4, 0.5) is 0 Å². The number of nitrogens with one attached hydrogen (secondary N) is 2. The van der Waals surface area contributed by atoms with Crippen molar-refractivity contribution in [3.05, 3.63) is 0 Å². The van der Waals surface area contributed by atoms with Crippen LogP contribution in [-0.4, -0.2) is 38.4 Å². The highest BCUT2D eigenvalue weighted by Gasteiger charge is 2.39. The largest absolute Gasteiger partial charge is 0.374 e. The molecule has 0 aromatic rings. The number of rotatable bonds is 3. The van der Waals surface area contributed by atoms with Crippen molar-refractivity contribution in [2.75, 3.05) is 26.2 Å². The van der Waals surface area contributed by atoms with Crippen molar-refractivity contribution in [1.82, 2.24) is 10.6 Å². The molecule has 2 saturated carbocycles. The van der Waals surface area contributed by atoms with Crippen LogP contribution in [-0.2, 0) is 4.74 Å². The molecule has 1 aliphatic heterocycles. The van der Waals surface area contributed by atoms with Gasteiger partial charge in [-0.1, -0.05) is 6.42 Å². The maximum atomic E-state index is 5.69. The van der Waals surface area contributed by atoms with Gasteiger partial charge in [0.05, 0.1) is 12.7 Å². The molecule has 1 heterocycles. The molecular formula is C12H22N2O. The molecule has 3 nitrogen and oxygen atoms in total. The van der Waals surface area contributed by atoms with Gasteiger partial charge in [-0.3, -0.25) is 0 Å². The second-order valence-corrected chi connectivity index (χ2v) is 5.39.